The number of sulfonamides is 1. The number of methoxy groups -OCH3 is 1. The molecule has 7 heteroatoms. The molecule has 0 aliphatic carbocycles. The Bertz CT molecular complexity index is 656. The first kappa shape index (κ1) is 15.1. The van der Waals surface area contributed by atoms with Crippen molar-refractivity contribution in [3.05, 3.63) is 52.5 Å². The molecule has 0 saturated carbocycles. The lowest BCUT2D eigenvalue weighted by atomic mass is 10.2. The molecule has 2 rings (SSSR count). The van der Waals surface area contributed by atoms with Crippen LogP contribution in [0.3, 0.4) is 0 Å². The number of thiophene rings is 1. The molecule has 1 aromatic heterocycles. The van der Waals surface area contributed by atoms with Gasteiger partial charge in [-0.05, 0) is 40.6 Å². The van der Waals surface area contributed by atoms with Crippen LogP contribution in [0.25, 0.3) is 0 Å². The van der Waals surface area contributed by atoms with E-state index in [2.05, 4.69) is 4.72 Å². The van der Waals surface area contributed by atoms with Gasteiger partial charge in [-0.25, -0.2) is 17.5 Å². The summed E-state index contributed by atoms with van der Waals surface area (Å²) in [7, 11) is -2.23. The Morgan fingerprint density at radius 1 is 1.40 bits per heavy atom. The largest absolute Gasteiger partial charge is 0.375 e. The minimum atomic E-state index is -3.75. The molecule has 1 N–H and O–H groups in total. The molecule has 0 aliphatic rings. The smallest absolute Gasteiger partial charge is 0.240 e. The van der Waals surface area contributed by atoms with Crippen LogP contribution < -0.4 is 4.72 Å². The van der Waals surface area contributed by atoms with Gasteiger partial charge in [0.2, 0.25) is 10.0 Å². The van der Waals surface area contributed by atoms with Gasteiger partial charge in [-0.2, -0.15) is 11.3 Å². The van der Waals surface area contributed by atoms with Crippen LogP contribution in [0.4, 0.5) is 4.39 Å². The Labute approximate surface area is 121 Å². The first-order valence-electron chi connectivity index (χ1n) is 5.83. The summed E-state index contributed by atoms with van der Waals surface area (Å²) in [6.07, 6.45) is -0.371. The lowest BCUT2D eigenvalue weighted by Gasteiger charge is -2.15. The Hall–Kier alpha value is -1.28. The predicted molar refractivity (Wildman–Crippen MR) is 75.7 cm³/mol. The standard InChI is InChI=1S/C13H14FNO3S2/c1-18-13(10-5-6-19-9-10)8-15-20(16,17)12-4-2-3-11(14)7-12/h2-7,9,13,15H,8H2,1H3. The molecular formula is C13H14FNO3S2. The number of nitrogens with one attached hydrogen (secondary N) is 1. The van der Waals surface area contributed by atoms with Crippen LogP contribution in [0.1, 0.15) is 11.7 Å². The van der Waals surface area contributed by atoms with Crippen molar-refractivity contribution < 1.29 is 17.5 Å². The molecule has 1 aromatic carbocycles. The number of ether oxygens (including phenoxy) is 1. The van der Waals surface area contributed by atoms with E-state index in [9.17, 15) is 12.8 Å². The topological polar surface area (TPSA) is 55.4 Å². The maximum atomic E-state index is 13.1. The maximum absolute atomic E-state index is 13.1. The van der Waals surface area contributed by atoms with Crippen LogP contribution in [0.5, 0.6) is 0 Å². The summed E-state index contributed by atoms with van der Waals surface area (Å²) in [5, 5.41) is 3.78. The van der Waals surface area contributed by atoms with Gasteiger partial charge in [-0.3, -0.25) is 0 Å². The zero-order chi connectivity index (χ0) is 14.6. The molecule has 1 atom stereocenters. The van der Waals surface area contributed by atoms with Gasteiger partial charge >= 0.3 is 0 Å². The highest BCUT2D eigenvalue weighted by Crippen LogP contribution is 2.19. The van der Waals surface area contributed by atoms with Gasteiger partial charge < -0.3 is 4.74 Å². The first-order chi connectivity index (χ1) is 9.53. The molecular weight excluding hydrogens is 301 g/mol. The van der Waals surface area contributed by atoms with E-state index in [1.54, 1.807) is 0 Å². The second-order valence-corrected chi connectivity index (χ2v) is 6.64. The third-order valence-electron chi connectivity index (χ3n) is 2.76. The van der Waals surface area contributed by atoms with Gasteiger partial charge in [-0.15, -0.1) is 0 Å². The Balaban J connectivity index is 2.09. The van der Waals surface area contributed by atoms with E-state index in [4.69, 9.17) is 4.74 Å². The minimum Gasteiger partial charge on any atom is -0.375 e. The zero-order valence-electron chi connectivity index (χ0n) is 10.7. The molecule has 1 unspecified atom stereocenters. The Morgan fingerprint density at radius 2 is 2.20 bits per heavy atom. The highest BCUT2D eigenvalue weighted by Gasteiger charge is 2.18. The van der Waals surface area contributed by atoms with Crippen LogP contribution in [0.15, 0.2) is 46.0 Å². The van der Waals surface area contributed by atoms with Crippen LogP contribution in [-0.4, -0.2) is 22.1 Å². The molecule has 0 bridgehead atoms. The molecule has 20 heavy (non-hydrogen) atoms. The van der Waals surface area contributed by atoms with E-state index >= 15 is 0 Å². The van der Waals surface area contributed by atoms with Crippen molar-refractivity contribution >= 4 is 21.4 Å². The summed E-state index contributed by atoms with van der Waals surface area (Å²) in [4.78, 5) is -0.0994. The van der Waals surface area contributed by atoms with Crippen LogP contribution in [0.2, 0.25) is 0 Å². The highest BCUT2D eigenvalue weighted by molar-refractivity contribution is 7.89. The quantitative estimate of drug-likeness (QED) is 0.891. The van der Waals surface area contributed by atoms with E-state index in [1.807, 2.05) is 16.8 Å². The third kappa shape index (κ3) is 3.63. The number of benzene rings is 1. The van der Waals surface area contributed by atoms with Crippen molar-refractivity contribution in [2.24, 2.45) is 0 Å². The fraction of sp³-hybridized carbons (Fsp3) is 0.231. The van der Waals surface area contributed by atoms with E-state index in [0.717, 1.165) is 11.6 Å². The second-order valence-electron chi connectivity index (χ2n) is 4.09. The van der Waals surface area contributed by atoms with Gasteiger partial charge in [0, 0.05) is 13.7 Å². The summed E-state index contributed by atoms with van der Waals surface area (Å²) >= 11 is 1.51. The van der Waals surface area contributed by atoms with E-state index < -0.39 is 15.8 Å². The lowest BCUT2D eigenvalue weighted by Crippen LogP contribution is -2.29. The van der Waals surface area contributed by atoms with Gasteiger partial charge in [-0.1, -0.05) is 6.07 Å². The van der Waals surface area contributed by atoms with E-state index in [0.29, 0.717) is 0 Å². The molecule has 2 aromatic rings. The minimum absolute atomic E-state index is 0.0894. The van der Waals surface area contributed by atoms with Gasteiger partial charge in [0.15, 0.2) is 0 Å². The van der Waals surface area contributed by atoms with E-state index in [1.165, 1.54) is 36.6 Å². The normalized spacial score (nSPS) is 13.3. The molecule has 4 nitrogen and oxygen atoms in total. The van der Waals surface area contributed by atoms with Gasteiger partial charge in [0.25, 0.3) is 0 Å². The molecule has 0 radical (unpaired) electrons. The SMILES string of the molecule is COC(CNS(=O)(=O)c1cccc(F)c1)c1ccsc1. The summed E-state index contributed by atoms with van der Waals surface area (Å²) in [6.45, 7) is 0.0894. The van der Waals surface area contributed by atoms with Crippen molar-refractivity contribution in [2.75, 3.05) is 13.7 Å². The zero-order valence-corrected chi connectivity index (χ0v) is 12.4. The molecule has 108 valence electrons. The molecule has 0 aliphatic heterocycles. The first-order valence-corrected chi connectivity index (χ1v) is 8.25. The summed E-state index contributed by atoms with van der Waals surface area (Å²) in [5.41, 5.74) is 0.902. The van der Waals surface area contributed by atoms with Crippen LogP contribution in [-0.2, 0) is 14.8 Å². The fourth-order valence-corrected chi connectivity index (χ4v) is 3.46. The van der Waals surface area contributed by atoms with Crippen molar-refractivity contribution in [3.63, 3.8) is 0 Å². The lowest BCUT2D eigenvalue weighted by molar-refractivity contribution is 0.107. The number of rotatable bonds is 6. The van der Waals surface area contributed by atoms with Crippen LogP contribution >= 0.6 is 11.3 Å². The van der Waals surface area contributed by atoms with Crippen molar-refractivity contribution in [1.82, 2.24) is 4.72 Å². The van der Waals surface area contributed by atoms with Gasteiger partial charge in [0.1, 0.15) is 5.82 Å². The maximum Gasteiger partial charge on any atom is 0.240 e. The van der Waals surface area contributed by atoms with Crippen molar-refractivity contribution in [3.8, 4) is 0 Å². The number of halogens is 1. The van der Waals surface area contributed by atoms with Crippen molar-refractivity contribution in [2.45, 2.75) is 11.0 Å². The fourth-order valence-electron chi connectivity index (χ4n) is 1.70. The molecule has 0 spiro atoms. The monoisotopic (exact) mass is 315 g/mol. The van der Waals surface area contributed by atoms with Gasteiger partial charge in [0.05, 0.1) is 11.0 Å². The summed E-state index contributed by atoms with van der Waals surface area (Å²) in [5.74, 6) is -0.589. The molecule has 1 heterocycles. The molecule has 0 saturated heterocycles. The third-order valence-corrected chi connectivity index (χ3v) is 4.89. The molecule has 0 fully saturated rings. The van der Waals surface area contributed by atoms with Crippen molar-refractivity contribution in [1.29, 1.82) is 0 Å². The molecule has 0 amide bonds. The number of hydrogen-bond donors (Lipinski definition) is 1. The highest BCUT2D eigenvalue weighted by atomic mass is 32.2. The Kier molecular flexibility index (Phi) is 4.87. The average Bonchev–Trinajstić information content (AvgIpc) is 2.93. The Morgan fingerprint density at radius 3 is 2.80 bits per heavy atom. The van der Waals surface area contributed by atoms with Crippen LogP contribution in [0, 0.1) is 5.82 Å². The second kappa shape index (κ2) is 6.45. The predicted octanol–water partition coefficient (Wildman–Crippen LogP) is 2.55. The van der Waals surface area contributed by atoms with E-state index in [-0.39, 0.29) is 17.5 Å². The summed E-state index contributed by atoms with van der Waals surface area (Å²) in [6, 6.07) is 6.75. The average molecular weight is 315 g/mol. The summed E-state index contributed by atoms with van der Waals surface area (Å²) < 4.78 is 44.8. The number of hydrogen-bond acceptors (Lipinski definition) is 4.